The zero-order chi connectivity index (χ0) is 62.6. The van der Waals surface area contributed by atoms with Crippen LogP contribution in [-0.4, -0.2) is 362 Å². The van der Waals surface area contributed by atoms with Gasteiger partial charge in [0.2, 0.25) is 0 Å². The van der Waals surface area contributed by atoms with Crippen LogP contribution in [-0.2, 0) is 61.8 Å². The van der Waals surface area contributed by atoms with E-state index in [1.54, 1.807) is 7.05 Å². The highest BCUT2D eigenvalue weighted by molar-refractivity contribution is 5.25. The molecule has 14 fully saturated rings. The van der Waals surface area contributed by atoms with Gasteiger partial charge in [-0.05, 0) is 12.3 Å². The van der Waals surface area contributed by atoms with Gasteiger partial charge >= 0.3 is 0 Å². The maximum absolute atomic E-state index is 9.68. The number of ether oxygens (including phenoxy) is 11. The lowest BCUT2D eigenvalue weighted by Crippen LogP contribution is -2.58. The van der Waals surface area contributed by atoms with Crippen LogP contribution in [0.4, 0.5) is 0 Å². The van der Waals surface area contributed by atoms with Crippen LogP contribution >= 0.6 is 0 Å². The maximum Gasteiger partial charge on any atom is 0.186 e. The highest BCUT2D eigenvalue weighted by atomic mass is 16.8. The summed E-state index contributed by atoms with van der Waals surface area (Å²) in [5, 5.41) is 196. The average molecular weight is 1250 g/mol. The Morgan fingerprint density at radius 2 is 0.918 bits per heavy atom. The van der Waals surface area contributed by atoms with Crippen LogP contribution in [0.15, 0.2) is 12.2 Å². The molecule has 12 heterocycles. The molecular weight excluding hydrogens is 1160 g/mol. The van der Waals surface area contributed by atoms with Gasteiger partial charge in [-0.3, -0.25) is 9.68 Å². The Kier molecular flexibility index (Phi) is 21.9. The van der Waals surface area contributed by atoms with Gasteiger partial charge in [-0.15, -0.1) is 0 Å². The number of hydrogen-bond acceptors (Lipinski definition) is 36. The van der Waals surface area contributed by atoms with Crippen LogP contribution in [0.3, 0.4) is 0 Å². The standard InChI is InChI=1S/C8H14O4.C8H12O4.C7H13NO5.C7H12O6.C7H12O5.C6H11NO5.C6H10O5/c2*1-4-2-8(3-9)6(10)5(4)7(11)12-8;1-8-2-7(3-9)5(10)4(13-8)6(11)12-7;8-1-7-2-11-3-12-4(5(7)9)6(10)13-7;8-3-7-1-2-11-4(5(7)9)6(10)12-7;8-2-6-1-7-12-3(4(6)9)5(10)11-6;7-1-6-2-10-3(4(6)8)5(9)11-6/h4-7,9-11H,2-3H2,1H3;5-7,9-11H,1-3H2;4-6,9-11H,2-3H2,1H3;4-6,8-10H,1-3H2;4-6,8-10H,1-3H2;3-5,7-10H,1-2H2;3-5,7-9H,1-2H2/t4?,5-,6?,7+,8+;5-,6?,7+,8+;4-,5?,6+,7+;4-,5?,6+,7-;4-,5?,6+,7+;3-,4?,5+,6+;3-,4?,5+,6-/m0000000/s1. The van der Waals surface area contributed by atoms with Crippen molar-refractivity contribution in [3.63, 3.8) is 0 Å². The Morgan fingerprint density at radius 1 is 0.471 bits per heavy atom. The average Bonchev–Trinajstić information content (AvgIpc) is 2.29. The summed E-state index contributed by atoms with van der Waals surface area (Å²) < 4.78 is 55.3. The molecule has 22 N–H and O–H groups in total. The van der Waals surface area contributed by atoms with Crippen molar-refractivity contribution >= 4 is 0 Å². The van der Waals surface area contributed by atoms with Crippen LogP contribution in [0.25, 0.3) is 0 Å². The first-order valence-electron chi connectivity index (χ1n) is 27.5. The van der Waals surface area contributed by atoms with E-state index in [4.69, 9.17) is 103 Å². The van der Waals surface area contributed by atoms with Gasteiger partial charge in [0.25, 0.3) is 0 Å². The van der Waals surface area contributed by atoms with Gasteiger partial charge in [0.1, 0.15) is 94.8 Å². The van der Waals surface area contributed by atoms with E-state index in [0.29, 0.717) is 25.9 Å². The highest BCUT2D eigenvalue weighted by Gasteiger charge is 2.65. The monoisotopic (exact) mass is 1240 g/mol. The predicted octanol–water partition coefficient (Wildman–Crippen LogP) is -13.1. The SMILES string of the molecule is C=C1C[C@]2(CO)O[C@@H](O)[C@@H]1C2O.CC1C[C@]2(CO)O[C@@H](O)[C@@H]1C2O.CN1C[C@]2(CO)O[C@@H](O)[C@@H](O1)C2O.OC[C@]12CCO[C@@H](C1O)[C@H](O)O2.OC[C@]12CNO[C@@H](C1O)[C@H](O)O2.OC[C@]12COCO[C@@H](C1O)[C@H](O)O2.OC[C@]12CO[C@@H](C1O)[C@H](O)O2. The molecule has 36 nitrogen and oxygen atoms in total. The van der Waals surface area contributed by atoms with E-state index in [2.05, 4.69) is 12.1 Å². The Hall–Kier alpha value is -1.70. The fourth-order valence-electron chi connectivity index (χ4n) is 13.1. The van der Waals surface area contributed by atoms with E-state index >= 15 is 0 Å². The molecule has 12 saturated heterocycles. The second kappa shape index (κ2) is 26.9. The third-order valence-electron chi connectivity index (χ3n) is 18.2. The minimum Gasteiger partial charge on any atom is -0.393 e. The molecule has 14 aliphatic rings. The second-order valence-corrected chi connectivity index (χ2v) is 23.6. The molecule has 14 bridgehead atoms. The molecule has 2 saturated carbocycles. The first-order chi connectivity index (χ1) is 40.1. The molecule has 12 aliphatic heterocycles. The first kappa shape index (κ1) is 69.2. The van der Waals surface area contributed by atoms with Crippen LogP contribution in [0.5, 0.6) is 0 Å². The van der Waals surface area contributed by atoms with E-state index in [9.17, 15) is 66.4 Å². The lowest BCUT2D eigenvalue weighted by molar-refractivity contribution is -0.259. The first-order valence-corrected chi connectivity index (χ1v) is 27.5. The third kappa shape index (κ3) is 12.3. The topological polar surface area (TPSA) is 560 Å². The van der Waals surface area contributed by atoms with Gasteiger partial charge in [0, 0.05) is 25.8 Å². The van der Waals surface area contributed by atoms with Crippen LogP contribution < -0.4 is 5.48 Å². The number of rotatable bonds is 7. The van der Waals surface area contributed by atoms with Crippen molar-refractivity contribution < 1.29 is 169 Å². The Bertz CT molecular complexity index is 2130. The van der Waals surface area contributed by atoms with Crippen LogP contribution in [0.2, 0.25) is 0 Å². The van der Waals surface area contributed by atoms with Crippen molar-refractivity contribution in [1.29, 1.82) is 0 Å². The minimum absolute atomic E-state index is 0.0100. The summed E-state index contributed by atoms with van der Waals surface area (Å²) in [6.45, 7) is 4.41. The molecule has 0 amide bonds. The molecule has 0 aromatic heterocycles. The molecule has 0 aromatic rings. The zero-order valence-electron chi connectivity index (χ0n) is 46.4. The summed E-state index contributed by atoms with van der Waals surface area (Å²) in [7, 11) is 1.66. The van der Waals surface area contributed by atoms with Gasteiger partial charge in [-0.25, -0.2) is 0 Å². The van der Waals surface area contributed by atoms with Gasteiger partial charge in [0.05, 0.1) is 97.3 Å². The van der Waals surface area contributed by atoms with E-state index in [0.717, 1.165) is 5.57 Å². The Morgan fingerprint density at radius 3 is 1.39 bits per heavy atom. The molecule has 494 valence electrons. The highest BCUT2D eigenvalue weighted by Crippen LogP contribution is 2.51. The van der Waals surface area contributed by atoms with Crippen LogP contribution in [0.1, 0.15) is 26.2 Å². The minimum atomic E-state index is -1.24. The van der Waals surface area contributed by atoms with Gasteiger partial charge in [0.15, 0.2) is 56.2 Å². The molecular formula is C49H84N2O34. The normalized spacial score (nSPS) is 53.1. The third-order valence-corrected chi connectivity index (χ3v) is 18.2. The van der Waals surface area contributed by atoms with Crippen molar-refractivity contribution in [2.75, 3.05) is 93.0 Å². The van der Waals surface area contributed by atoms with Crippen molar-refractivity contribution in [2.24, 2.45) is 17.8 Å². The molecule has 0 radical (unpaired) electrons. The molecule has 8 unspecified atom stereocenters. The number of aliphatic hydroxyl groups is 21. The summed E-state index contributed by atoms with van der Waals surface area (Å²) in [6.07, 6.45) is -16.5. The largest absolute Gasteiger partial charge is 0.393 e. The number of nitrogens with one attached hydrogen (secondary N) is 1. The fourth-order valence-corrected chi connectivity index (χ4v) is 13.1. The van der Waals surface area contributed by atoms with Crippen molar-refractivity contribution in [3.05, 3.63) is 12.2 Å². The molecule has 85 heavy (non-hydrogen) atoms. The molecule has 0 spiro atoms. The van der Waals surface area contributed by atoms with Crippen molar-refractivity contribution in [3.8, 4) is 0 Å². The summed E-state index contributed by atoms with van der Waals surface area (Å²) in [5.74, 6) is -0.426. The number of fused-ring (bicyclic) bond motifs is 14. The summed E-state index contributed by atoms with van der Waals surface area (Å²) >= 11 is 0. The van der Waals surface area contributed by atoms with Crippen molar-refractivity contribution in [1.82, 2.24) is 10.5 Å². The quantitative estimate of drug-likeness (QED) is 0.105. The molecule has 14 rings (SSSR count). The number of nitrogens with zero attached hydrogens (tertiary/aromatic N) is 1. The fraction of sp³-hybridized carbons (Fsp3) is 0.959. The van der Waals surface area contributed by atoms with Crippen LogP contribution in [0, 0.1) is 17.8 Å². The zero-order valence-corrected chi connectivity index (χ0v) is 46.4. The number of hydrogen-bond donors (Lipinski definition) is 22. The number of likely N-dealkylation sites (N-methyl/N-ethyl adjacent to an activating group) is 1. The summed E-state index contributed by atoms with van der Waals surface area (Å²) in [6, 6.07) is 0. The number of aliphatic hydroxyl groups excluding tert-OH is 21. The van der Waals surface area contributed by atoms with Gasteiger partial charge in [-0.2, -0.15) is 10.5 Å². The molecule has 0 aromatic carbocycles. The molecule has 2 aliphatic carbocycles. The van der Waals surface area contributed by atoms with E-state index in [1.165, 1.54) is 5.06 Å². The molecule has 36 heteroatoms. The van der Waals surface area contributed by atoms with E-state index < -0.39 is 169 Å². The lowest BCUT2D eigenvalue weighted by Gasteiger charge is -2.38. The van der Waals surface area contributed by atoms with E-state index in [-0.39, 0.29) is 84.6 Å². The van der Waals surface area contributed by atoms with Crippen molar-refractivity contribution in [2.45, 2.75) is 183 Å². The predicted molar refractivity (Wildman–Crippen MR) is 265 cm³/mol. The smallest absolute Gasteiger partial charge is 0.186 e. The Labute approximate surface area is 484 Å². The van der Waals surface area contributed by atoms with Gasteiger partial charge < -0.3 is 159 Å². The maximum atomic E-state index is 9.68. The Balaban J connectivity index is 0.000000129. The molecule has 29 atom stereocenters. The number of hydroxylamine groups is 3. The summed E-state index contributed by atoms with van der Waals surface area (Å²) in [5.41, 5.74) is -4.14. The van der Waals surface area contributed by atoms with Gasteiger partial charge in [-0.1, -0.05) is 19.1 Å². The van der Waals surface area contributed by atoms with E-state index in [1.807, 2.05) is 6.92 Å². The second-order valence-electron chi connectivity index (χ2n) is 23.6. The summed E-state index contributed by atoms with van der Waals surface area (Å²) in [4.78, 5) is 9.96. The lowest BCUT2D eigenvalue weighted by atomic mass is 9.91.